The highest BCUT2D eigenvalue weighted by atomic mass is 79.9. The number of hydrogen-bond acceptors (Lipinski definition) is 1. The lowest BCUT2D eigenvalue weighted by atomic mass is 10.2. The van der Waals surface area contributed by atoms with Crippen molar-refractivity contribution in [1.29, 1.82) is 0 Å². The van der Waals surface area contributed by atoms with Gasteiger partial charge in [0.2, 0.25) is 0 Å². The molecule has 0 amide bonds. The van der Waals surface area contributed by atoms with Crippen LogP contribution in [-0.2, 0) is 6.42 Å². The molecule has 0 fully saturated rings. The van der Waals surface area contributed by atoms with Gasteiger partial charge >= 0.3 is 6.18 Å². The van der Waals surface area contributed by atoms with E-state index in [9.17, 15) is 13.2 Å². The van der Waals surface area contributed by atoms with Crippen LogP contribution in [0.5, 0.6) is 0 Å². The van der Waals surface area contributed by atoms with E-state index in [2.05, 4.69) is 20.9 Å². The summed E-state index contributed by atoms with van der Waals surface area (Å²) in [7, 11) is 0. The summed E-state index contributed by atoms with van der Waals surface area (Å²) in [5.41, 5.74) is 1.10. The van der Waals surface area contributed by atoms with Gasteiger partial charge in [0.1, 0.15) is 0 Å². The second-order valence-corrected chi connectivity index (χ2v) is 4.34. The summed E-state index contributed by atoms with van der Waals surface area (Å²) in [4.78, 5) is 4.11. The topological polar surface area (TPSA) is 17.3 Å². The fraction of sp³-hybridized carbons (Fsp3) is 0.300. The van der Waals surface area contributed by atoms with Gasteiger partial charge in [0.25, 0.3) is 0 Å². The third-order valence-electron chi connectivity index (χ3n) is 2.27. The zero-order valence-electron chi connectivity index (χ0n) is 8.35. The number of nitrogens with zero attached hydrogens (tertiary/aromatic N) is 2. The minimum Gasteiger partial charge on any atom is -0.303 e. The molecule has 0 radical (unpaired) electrons. The van der Waals surface area contributed by atoms with Crippen LogP contribution in [0.2, 0.25) is 0 Å². The van der Waals surface area contributed by atoms with Gasteiger partial charge in [-0.3, -0.25) is 0 Å². The largest absolute Gasteiger partial charge is 0.394 e. The highest BCUT2D eigenvalue weighted by Crippen LogP contribution is 2.26. The van der Waals surface area contributed by atoms with Gasteiger partial charge in [-0.1, -0.05) is 0 Å². The fourth-order valence-electron chi connectivity index (χ4n) is 1.60. The van der Waals surface area contributed by atoms with Crippen molar-refractivity contribution >= 4 is 21.6 Å². The molecule has 2 nitrogen and oxygen atoms in total. The third kappa shape index (κ3) is 2.07. The number of aryl methyl sites for hydroxylation is 1. The molecular formula is C10H8BrF3N2. The molecule has 0 N–H and O–H groups in total. The molecule has 2 aromatic rings. The summed E-state index contributed by atoms with van der Waals surface area (Å²) >= 11 is 3.26. The molecular weight excluding hydrogens is 285 g/mol. The quantitative estimate of drug-likeness (QED) is 0.786. The van der Waals surface area contributed by atoms with Gasteiger partial charge in [0.05, 0.1) is 22.3 Å². The maximum Gasteiger partial charge on any atom is 0.394 e. The molecule has 2 rings (SSSR count). The summed E-state index contributed by atoms with van der Waals surface area (Å²) in [5.74, 6) is 0. The summed E-state index contributed by atoms with van der Waals surface area (Å²) in [6.45, 7) is 1.58. The van der Waals surface area contributed by atoms with E-state index in [4.69, 9.17) is 0 Å². The minimum atomic E-state index is -4.22. The number of halogens is 4. The molecule has 6 heteroatoms. The molecule has 0 saturated carbocycles. The second-order valence-electron chi connectivity index (χ2n) is 3.49. The Balaban J connectivity index is 2.61. The third-order valence-corrected chi connectivity index (χ3v) is 2.89. The number of pyridine rings is 1. The first-order valence-corrected chi connectivity index (χ1v) is 5.36. The molecule has 0 unspecified atom stereocenters. The van der Waals surface area contributed by atoms with Crippen molar-refractivity contribution in [1.82, 2.24) is 9.38 Å². The van der Waals surface area contributed by atoms with E-state index >= 15 is 0 Å². The van der Waals surface area contributed by atoms with Crippen molar-refractivity contribution in [2.45, 2.75) is 19.5 Å². The van der Waals surface area contributed by atoms with Crippen LogP contribution in [0, 0.1) is 6.92 Å². The van der Waals surface area contributed by atoms with Crippen molar-refractivity contribution in [3.05, 3.63) is 34.2 Å². The van der Waals surface area contributed by atoms with Gasteiger partial charge in [-0.2, -0.15) is 13.2 Å². The molecule has 16 heavy (non-hydrogen) atoms. The lowest BCUT2D eigenvalue weighted by Gasteiger charge is -2.07. The van der Waals surface area contributed by atoms with Crippen LogP contribution in [0.1, 0.15) is 11.4 Å². The molecule has 0 aromatic carbocycles. The van der Waals surface area contributed by atoms with Gasteiger partial charge < -0.3 is 4.40 Å². The van der Waals surface area contributed by atoms with E-state index in [1.165, 1.54) is 4.40 Å². The number of imidazole rings is 1. The second kappa shape index (κ2) is 3.76. The molecule has 0 bridgehead atoms. The Morgan fingerprint density at radius 2 is 2.12 bits per heavy atom. The van der Waals surface area contributed by atoms with Gasteiger partial charge in [-0.05, 0) is 35.0 Å². The summed E-state index contributed by atoms with van der Waals surface area (Å²) in [5, 5.41) is 0. The highest BCUT2D eigenvalue weighted by molar-refractivity contribution is 9.10. The van der Waals surface area contributed by atoms with Gasteiger partial charge in [-0.25, -0.2) is 4.98 Å². The first-order valence-electron chi connectivity index (χ1n) is 4.57. The highest BCUT2D eigenvalue weighted by Gasteiger charge is 2.30. The lowest BCUT2D eigenvalue weighted by Crippen LogP contribution is -2.14. The Bertz CT molecular complexity index is 531. The van der Waals surface area contributed by atoms with Crippen LogP contribution in [-0.4, -0.2) is 15.6 Å². The summed E-state index contributed by atoms with van der Waals surface area (Å²) in [6, 6.07) is 3.43. The standard InChI is InChI=1S/C10H8BrF3N2/c1-6-8(5-10(12,13)14)16-4-2-3-7(11)9(16)15-6/h2-4H,5H2,1H3. The van der Waals surface area contributed by atoms with Gasteiger partial charge in [-0.15, -0.1) is 0 Å². The molecule has 0 spiro atoms. The minimum absolute atomic E-state index is 0.184. The van der Waals surface area contributed by atoms with E-state index in [1.807, 2.05) is 0 Å². The predicted octanol–water partition coefficient (Wildman–Crippen LogP) is 3.51. The van der Waals surface area contributed by atoms with Crippen LogP contribution in [0.25, 0.3) is 5.65 Å². The van der Waals surface area contributed by atoms with Crippen molar-refractivity contribution in [3.8, 4) is 0 Å². The van der Waals surface area contributed by atoms with Crippen molar-refractivity contribution in [3.63, 3.8) is 0 Å². The van der Waals surface area contributed by atoms with Crippen molar-refractivity contribution in [2.24, 2.45) is 0 Å². The number of fused-ring (bicyclic) bond motifs is 1. The molecule has 0 saturated heterocycles. The first kappa shape index (κ1) is 11.4. The van der Waals surface area contributed by atoms with Crippen LogP contribution < -0.4 is 0 Å². The molecule has 0 atom stereocenters. The average Bonchev–Trinajstić information content (AvgIpc) is 2.44. The predicted molar refractivity (Wildman–Crippen MR) is 57.4 cm³/mol. The normalized spacial score (nSPS) is 12.3. The fourth-order valence-corrected chi connectivity index (χ4v) is 2.03. The maximum atomic E-state index is 12.4. The Morgan fingerprint density at radius 1 is 1.44 bits per heavy atom. The molecule has 2 aromatic heterocycles. The van der Waals surface area contributed by atoms with E-state index in [0.29, 0.717) is 15.8 Å². The zero-order chi connectivity index (χ0) is 11.9. The zero-order valence-corrected chi connectivity index (χ0v) is 9.93. The number of rotatable bonds is 1. The molecule has 0 aliphatic rings. The van der Waals surface area contributed by atoms with E-state index in [1.54, 1.807) is 25.3 Å². The van der Waals surface area contributed by atoms with Crippen molar-refractivity contribution < 1.29 is 13.2 Å². The van der Waals surface area contributed by atoms with E-state index < -0.39 is 12.6 Å². The van der Waals surface area contributed by atoms with Crippen LogP contribution in [0.15, 0.2) is 22.8 Å². The maximum absolute atomic E-state index is 12.4. The smallest absolute Gasteiger partial charge is 0.303 e. The molecule has 2 heterocycles. The molecule has 0 aliphatic heterocycles. The Morgan fingerprint density at radius 3 is 2.75 bits per heavy atom. The summed E-state index contributed by atoms with van der Waals surface area (Å²) < 4.78 is 39.3. The SMILES string of the molecule is Cc1nc2c(Br)cccn2c1CC(F)(F)F. The number of alkyl halides is 3. The van der Waals surface area contributed by atoms with Gasteiger partial charge in [0, 0.05) is 6.20 Å². The average molecular weight is 293 g/mol. The molecule has 86 valence electrons. The van der Waals surface area contributed by atoms with E-state index in [-0.39, 0.29) is 5.69 Å². The van der Waals surface area contributed by atoms with Crippen LogP contribution in [0.3, 0.4) is 0 Å². The van der Waals surface area contributed by atoms with Gasteiger partial charge in [0.15, 0.2) is 5.65 Å². The van der Waals surface area contributed by atoms with Crippen molar-refractivity contribution in [2.75, 3.05) is 0 Å². The number of aromatic nitrogens is 2. The lowest BCUT2D eigenvalue weighted by molar-refractivity contribution is -0.128. The van der Waals surface area contributed by atoms with Crippen LogP contribution in [0.4, 0.5) is 13.2 Å². The Labute approximate surface area is 98.2 Å². The summed E-state index contributed by atoms with van der Waals surface area (Å²) in [6.07, 6.45) is -3.60. The van der Waals surface area contributed by atoms with E-state index in [0.717, 1.165) is 0 Å². The Hall–Kier alpha value is -1.04. The molecule has 0 aliphatic carbocycles. The van der Waals surface area contributed by atoms with Crippen LogP contribution >= 0.6 is 15.9 Å². The number of hydrogen-bond donors (Lipinski definition) is 0. The monoisotopic (exact) mass is 292 g/mol. The first-order chi connectivity index (χ1) is 7.38. The Kier molecular flexibility index (Phi) is 2.69.